The van der Waals surface area contributed by atoms with Gasteiger partial charge in [-0.15, -0.1) is 0 Å². The highest BCUT2D eigenvalue weighted by Gasteiger charge is 2.07. The van der Waals surface area contributed by atoms with Gasteiger partial charge in [0.1, 0.15) is 11.6 Å². The molecule has 0 aliphatic carbocycles. The average Bonchev–Trinajstić information content (AvgIpc) is 2.43. The van der Waals surface area contributed by atoms with Crippen LogP contribution in [0, 0.1) is 6.92 Å². The molecule has 0 fully saturated rings. The number of hydrogen-bond donors (Lipinski definition) is 3. The van der Waals surface area contributed by atoms with E-state index in [1.165, 1.54) is 0 Å². The lowest BCUT2D eigenvalue weighted by Gasteiger charge is -2.13. The predicted octanol–water partition coefficient (Wildman–Crippen LogP) is 3.08. The number of ether oxygens (including phenoxy) is 1. The van der Waals surface area contributed by atoms with Gasteiger partial charge in [-0.1, -0.05) is 11.6 Å². The van der Waals surface area contributed by atoms with Crippen LogP contribution in [0.3, 0.4) is 0 Å². The second-order valence-electron chi connectivity index (χ2n) is 4.00. The highest BCUT2D eigenvalue weighted by molar-refractivity contribution is 6.31. The Balaban J connectivity index is 2.34. The number of benzene rings is 1. The zero-order valence-corrected chi connectivity index (χ0v) is 11.5. The monoisotopic (exact) mass is 278 g/mol. The van der Waals surface area contributed by atoms with E-state index in [1.807, 2.05) is 19.1 Å². The summed E-state index contributed by atoms with van der Waals surface area (Å²) in [6, 6.07) is 7.34. The molecule has 1 heterocycles. The smallest absolute Gasteiger partial charge is 0.143 e. The molecule has 4 N–H and O–H groups in total. The Morgan fingerprint density at radius 3 is 2.79 bits per heavy atom. The predicted molar refractivity (Wildman–Crippen MR) is 78.1 cm³/mol. The fourth-order valence-corrected chi connectivity index (χ4v) is 1.83. The van der Waals surface area contributed by atoms with Crippen LogP contribution in [0.1, 0.15) is 5.56 Å². The van der Waals surface area contributed by atoms with Crippen molar-refractivity contribution in [1.29, 1.82) is 0 Å². The summed E-state index contributed by atoms with van der Waals surface area (Å²) in [5.41, 5.74) is 5.15. The van der Waals surface area contributed by atoms with Gasteiger partial charge in [-0.2, -0.15) is 0 Å². The average molecular weight is 279 g/mol. The van der Waals surface area contributed by atoms with Crippen molar-refractivity contribution < 1.29 is 4.74 Å². The maximum atomic E-state index is 6.07. The molecule has 5 nitrogen and oxygen atoms in total. The molecule has 0 amide bonds. The molecule has 2 rings (SSSR count). The summed E-state index contributed by atoms with van der Waals surface area (Å²) < 4.78 is 5.31. The molecule has 100 valence electrons. The lowest BCUT2D eigenvalue weighted by molar-refractivity contribution is 0.417. The van der Waals surface area contributed by atoms with E-state index < -0.39 is 0 Å². The van der Waals surface area contributed by atoms with Gasteiger partial charge >= 0.3 is 0 Å². The van der Waals surface area contributed by atoms with Gasteiger partial charge in [0.15, 0.2) is 0 Å². The Morgan fingerprint density at radius 2 is 2.11 bits per heavy atom. The molecule has 0 saturated heterocycles. The SMILES string of the molecule is COc1cc(Cl)c(C)cc1Nc1ccnc(NN)c1. The Labute approximate surface area is 116 Å². The third-order valence-electron chi connectivity index (χ3n) is 2.67. The molecule has 0 spiro atoms. The van der Waals surface area contributed by atoms with Gasteiger partial charge < -0.3 is 15.5 Å². The van der Waals surface area contributed by atoms with E-state index >= 15 is 0 Å². The standard InChI is InChI=1S/C13H15ClN4O/c1-8-5-11(12(19-2)7-10(8)14)17-9-3-4-16-13(6-9)18-15/h3-7H,15H2,1-2H3,(H2,16,17,18). The van der Waals surface area contributed by atoms with Crippen LogP contribution in [0.15, 0.2) is 30.5 Å². The van der Waals surface area contributed by atoms with Gasteiger partial charge in [-0.25, -0.2) is 10.8 Å². The molecule has 0 radical (unpaired) electrons. The largest absolute Gasteiger partial charge is 0.495 e. The van der Waals surface area contributed by atoms with Crippen LogP contribution in [0.25, 0.3) is 0 Å². The van der Waals surface area contributed by atoms with E-state index in [0.717, 1.165) is 16.9 Å². The number of halogens is 1. The van der Waals surface area contributed by atoms with Gasteiger partial charge in [0.25, 0.3) is 0 Å². The molecule has 0 aliphatic rings. The normalized spacial score (nSPS) is 10.1. The number of anilines is 3. The summed E-state index contributed by atoms with van der Waals surface area (Å²) in [4.78, 5) is 4.05. The van der Waals surface area contributed by atoms with Crippen LogP contribution >= 0.6 is 11.6 Å². The fraction of sp³-hybridized carbons (Fsp3) is 0.154. The molecule has 0 aliphatic heterocycles. The highest BCUT2D eigenvalue weighted by Crippen LogP contribution is 2.33. The first kappa shape index (κ1) is 13.5. The summed E-state index contributed by atoms with van der Waals surface area (Å²) in [6.07, 6.45) is 1.66. The van der Waals surface area contributed by atoms with E-state index in [0.29, 0.717) is 16.6 Å². The molecular weight excluding hydrogens is 264 g/mol. The number of nitrogens with two attached hydrogens (primary N) is 1. The van der Waals surface area contributed by atoms with Crippen molar-refractivity contribution in [2.24, 2.45) is 5.84 Å². The van der Waals surface area contributed by atoms with Crippen molar-refractivity contribution >= 4 is 28.8 Å². The third-order valence-corrected chi connectivity index (χ3v) is 3.07. The molecule has 2 aromatic rings. The Morgan fingerprint density at radius 1 is 1.32 bits per heavy atom. The minimum absolute atomic E-state index is 0.578. The molecule has 0 unspecified atom stereocenters. The van der Waals surface area contributed by atoms with Crippen molar-refractivity contribution in [1.82, 2.24) is 4.98 Å². The fourth-order valence-electron chi connectivity index (χ4n) is 1.67. The van der Waals surface area contributed by atoms with Crippen LogP contribution in [0.4, 0.5) is 17.2 Å². The molecular formula is C13H15ClN4O. The lowest BCUT2D eigenvalue weighted by Crippen LogP contribution is -2.08. The Kier molecular flexibility index (Phi) is 4.09. The molecule has 1 aromatic carbocycles. The summed E-state index contributed by atoms with van der Waals surface area (Å²) in [7, 11) is 1.60. The van der Waals surface area contributed by atoms with Crippen LogP contribution in [-0.4, -0.2) is 12.1 Å². The third kappa shape index (κ3) is 3.07. The van der Waals surface area contributed by atoms with E-state index in [9.17, 15) is 0 Å². The number of rotatable bonds is 4. The molecule has 19 heavy (non-hydrogen) atoms. The first-order valence-electron chi connectivity index (χ1n) is 5.68. The Bertz CT molecular complexity index is 589. The lowest BCUT2D eigenvalue weighted by atomic mass is 10.2. The number of nitrogens with one attached hydrogen (secondary N) is 2. The van der Waals surface area contributed by atoms with Crippen LogP contribution in [0.2, 0.25) is 5.02 Å². The number of aromatic nitrogens is 1. The van der Waals surface area contributed by atoms with E-state index in [2.05, 4.69) is 15.7 Å². The van der Waals surface area contributed by atoms with Crippen LogP contribution in [-0.2, 0) is 0 Å². The number of aryl methyl sites for hydroxylation is 1. The number of hydrazine groups is 1. The zero-order chi connectivity index (χ0) is 13.8. The second-order valence-corrected chi connectivity index (χ2v) is 4.41. The van der Waals surface area contributed by atoms with E-state index in [-0.39, 0.29) is 0 Å². The molecule has 0 atom stereocenters. The van der Waals surface area contributed by atoms with Gasteiger partial charge in [0.2, 0.25) is 0 Å². The summed E-state index contributed by atoms with van der Waals surface area (Å²) >= 11 is 6.07. The molecule has 1 aromatic heterocycles. The minimum atomic E-state index is 0.578. The minimum Gasteiger partial charge on any atom is -0.495 e. The number of nitrogen functional groups attached to an aromatic ring is 1. The van der Waals surface area contributed by atoms with Crippen molar-refractivity contribution in [3.63, 3.8) is 0 Å². The van der Waals surface area contributed by atoms with Gasteiger partial charge in [0.05, 0.1) is 12.8 Å². The van der Waals surface area contributed by atoms with Gasteiger partial charge in [0, 0.05) is 29.0 Å². The summed E-state index contributed by atoms with van der Waals surface area (Å²) in [6.45, 7) is 1.94. The summed E-state index contributed by atoms with van der Waals surface area (Å²) in [5.74, 6) is 6.58. The first-order valence-corrected chi connectivity index (χ1v) is 6.05. The highest BCUT2D eigenvalue weighted by atomic mass is 35.5. The molecule has 0 saturated carbocycles. The first-order chi connectivity index (χ1) is 9.13. The van der Waals surface area contributed by atoms with Crippen molar-refractivity contribution in [3.8, 4) is 5.75 Å². The number of methoxy groups -OCH3 is 1. The van der Waals surface area contributed by atoms with Gasteiger partial charge in [-0.3, -0.25) is 0 Å². The van der Waals surface area contributed by atoms with E-state index in [4.69, 9.17) is 22.2 Å². The number of nitrogens with zero attached hydrogens (tertiary/aromatic N) is 1. The maximum absolute atomic E-state index is 6.07. The maximum Gasteiger partial charge on any atom is 0.143 e. The zero-order valence-electron chi connectivity index (χ0n) is 10.7. The van der Waals surface area contributed by atoms with Crippen molar-refractivity contribution in [2.75, 3.05) is 17.9 Å². The second kappa shape index (κ2) is 5.77. The number of hydrogen-bond acceptors (Lipinski definition) is 5. The van der Waals surface area contributed by atoms with Crippen LogP contribution < -0.4 is 21.3 Å². The number of pyridine rings is 1. The Hall–Kier alpha value is -1.98. The topological polar surface area (TPSA) is 72.2 Å². The quantitative estimate of drug-likeness (QED) is 0.592. The molecule has 0 bridgehead atoms. The van der Waals surface area contributed by atoms with E-state index in [1.54, 1.807) is 25.4 Å². The molecule has 6 heteroatoms. The summed E-state index contributed by atoms with van der Waals surface area (Å²) in [5, 5.41) is 3.92. The van der Waals surface area contributed by atoms with Crippen molar-refractivity contribution in [3.05, 3.63) is 41.0 Å². The van der Waals surface area contributed by atoms with Gasteiger partial charge in [-0.05, 0) is 24.6 Å². The van der Waals surface area contributed by atoms with Crippen molar-refractivity contribution in [2.45, 2.75) is 6.92 Å². The van der Waals surface area contributed by atoms with Crippen LogP contribution in [0.5, 0.6) is 5.75 Å².